The predicted molar refractivity (Wildman–Crippen MR) is 467 cm³/mol. The average molecular weight is 1860 g/mol. The fourth-order valence-corrected chi connectivity index (χ4v) is 11.7. The van der Waals surface area contributed by atoms with Crippen LogP contribution < -0.4 is 37.2 Å². The molecule has 0 radical (unpaired) electrons. The van der Waals surface area contributed by atoms with Crippen molar-refractivity contribution < 1.29 is 122 Å². The number of Topliss-reactive ketones (excluding diaryl/α,β-unsaturated/α-hetero) is 3. The SMILES string of the molecule is CC(C)C(=O)CCN1C(=O)C=CC1=O.CC(C)C(=O)CI.CC(C)C(=S)Nc1ccc(N=C=S)cc1.CNCCCCCCCC(=O)COC(CNC(=O)c1cccc(C(=O)O)c1O)CNC(=O)c1cccc(C(=O)O)c1O.O=C(CCN1C(=O)C=CC1=O)NCCN(CCNC(=O)c1cccc(C(=O)O)c1O)CCNC(=O)c1cccc(C(=O)O)c1O. The number of unbranched alkanes of at least 4 members (excludes halogenated alkanes) is 4. The van der Waals surface area contributed by atoms with Crippen molar-refractivity contribution in [2.75, 3.05) is 95.4 Å². The molecule has 36 nitrogen and oxygen atoms in total. The van der Waals surface area contributed by atoms with Gasteiger partial charge in [0.15, 0.2) is 5.78 Å². The van der Waals surface area contributed by atoms with Gasteiger partial charge in [0, 0.05) is 132 Å². The number of isothiocyanates is 1. The van der Waals surface area contributed by atoms with Gasteiger partial charge in [-0.15, -0.1) is 0 Å². The van der Waals surface area contributed by atoms with E-state index in [4.69, 9.17) is 27.2 Å². The minimum absolute atomic E-state index is 0.0189. The Kier molecular flexibility index (Phi) is 47.3. The molecule has 9 amide bonds. The number of hydrogen-bond acceptors (Lipinski definition) is 26. The van der Waals surface area contributed by atoms with E-state index in [1.54, 1.807) is 18.7 Å². The highest BCUT2D eigenvalue weighted by atomic mass is 127. The van der Waals surface area contributed by atoms with Crippen LogP contribution in [0.4, 0.5) is 11.4 Å². The van der Waals surface area contributed by atoms with Crippen molar-refractivity contribution in [2.45, 2.75) is 99.0 Å². The number of para-hydroxylation sites is 4. The van der Waals surface area contributed by atoms with Crippen molar-refractivity contribution in [3.8, 4) is 23.0 Å². The average Bonchev–Trinajstić information content (AvgIpc) is 1.40. The van der Waals surface area contributed by atoms with Crippen LogP contribution in [0.15, 0.2) is 126 Å². The normalized spacial score (nSPS) is 11.7. The molecule has 2 aliphatic rings. The van der Waals surface area contributed by atoms with Gasteiger partial charge < -0.3 is 82.8 Å². The van der Waals surface area contributed by atoms with Crippen LogP contribution in [-0.2, 0) is 43.1 Å². The zero-order valence-corrected chi connectivity index (χ0v) is 72.5. The number of carbonyl (C=O) groups is 16. The standard InChI is InChI=1S/C29H31N5O11.C29H37N3O10.C11H12N2S2.C10H13NO3.C5H9IO/c35-21(9-13-34-22(36)7-8-23(34)37)30-10-14-33(15-11-31-26(40)17-3-1-5-19(24(17)38)28(42)43)16-12-32-27(41)18-4-2-6-20(25(18)39)29(44)45;1-30-14-6-4-2-3-5-9-18(33)17-42-19(15-31-26(36)20-10-7-12-22(24(20)34)28(38)39)16-32-27(37)21-11-8-13-23(25(21)35)29(40)41;1-8(2)11(15)13-10-5-3-9(4-6-10)12-7-14;1-7(2)8(12)5-6-11-9(13)3-4-10(11)14;1-4(2)5(7)3-6/h1-8,38-39H,9-16H2,(H,30,35)(H,31,40)(H,32,41)(H,42,43)(H,44,45);7-8,10-13,19,30,34-35H,2-6,9,14-17H2,1H3,(H,31,36)(H,32,37)(H,38,39)(H,40,41);3-6,8H,1-2H3,(H,13,15);3-4,7H,5-6H2,1-2H3;4H,3H2,1-2H3. The number of carboxylic acids is 4. The molecule has 5 aromatic rings. The molecule has 0 unspecified atom stereocenters. The van der Waals surface area contributed by atoms with Gasteiger partial charge in [-0.3, -0.25) is 72.2 Å². The van der Waals surface area contributed by atoms with Crippen LogP contribution in [0.2, 0.25) is 0 Å². The molecule has 39 heteroatoms. The van der Waals surface area contributed by atoms with Crippen LogP contribution in [0, 0.1) is 17.8 Å². The number of aromatic hydroxyl groups is 4. The lowest BCUT2D eigenvalue weighted by Crippen LogP contribution is -2.43. The zero-order chi connectivity index (χ0) is 92.0. The summed E-state index contributed by atoms with van der Waals surface area (Å²) in [5.41, 5.74) is -1.10. The van der Waals surface area contributed by atoms with E-state index in [1.807, 2.05) is 45.2 Å². The summed E-state index contributed by atoms with van der Waals surface area (Å²) in [7, 11) is 1.89. The van der Waals surface area contributed by atoms with E-state index >= 15 is 0 Å². The molecule has 123 heavy (non-hydrogen) atoms. The molecule has 0 saturated carbocycles. The number of rotatable bonds is 44. The molecular weight excluding hydrogens is 1750 g/mol. The second kappa shape index (κ2) is 55.5. The number of carboxylic acid groups (broad SMARTS) is 4. The van der Waals surface area contributed by atoms with E-state index in [-0.39, 0.29) is 142 Å². The van der Waals surface area contributed by atoms with Gasteiger partial charge in [0.05, 0.1) is 48.6 Å². The maximum Gasteiger partial charge on any atom is 0.339 e. The second-order valence-electron chi connectivity index (χ2n) is 27.8. The molecule has 0 saturated heterocycles. The largest absolute Gasteiger partial charge is 0.506 e. The topological polar surface area (TPSA) is 550 Å². The molecule has 2 aliphatic heterocycles. The third-order valence-electron chi connectivity index (χ3n) is 17.8. The van der Waals surface area contributed by atoms with E-state index in [0.29, 0.717) is 29.0 Å². The fourth-order valence-electron chi connectivity index (χ4n) is 10.6. The summed E-state index contributed by atoms with van der Waals surface area (Å²) in [6.07, 6.45) is 8.86. The Labute approximate surface area is 733 Å². The molecule has 5 aromatic carbocycles. The number of anilines is 1. The molecule has 0 aliphatic carbocycles. The predicted octanol–water partition coefficient (Wildman–Crippen LogP) is 7.54. The van der Waals surface area contributed by atoms with Crippen molar-refractivity contribution in [2.24, 2.45) is 22.7 Å². The van der Waals surface area contributed by atoms with Crippen LogP contribution >= 0.6 is 47.0 Å². The summed E-state index contributed by atoms with van der Waals surface area (Å²) in [4.78, 5) is 196. The maximum absolute atomic E-state index is 12.7. The second-order valence-corrected chi connectivity index (χ2v) is 29.2. The number of nitrogens with one attached hydrogen (secondary N) is 7. The number of nitrogens with zero attached hydrogens (tertiary/aromatic N) is 4. The molecule has 0 fully saturated rings. The number of phenols is 4. The smallest absolute Gasteiger partial charge is 0.339 e. The van der Waals surface area contributed by atoms with E-state index in [2.05, 4.69) is 96.0 Å². The number of alkyl halides is 1. The third-order valence-corrected chi connectivity index (χ3v) is 19.2. The van der Waals surface area contributed by atoms with E-state index in [1.165, 1.54) is 60.7 Å². The summed E-state index contributed by atoms with van der Waals surface area (Å²) in [6, 6.07) is 22.3. The Hall–Kier alpha value is -12.4. The van der Waals surface area contributed by atoms with Crippen LogP contribution in [0.3, 0.4) is 0 Å². The number of benzene rings is 5. The Morgan fingerprint density at radius 3 is 1.17 bits per heavy atom. The molecule has 15 N–H and O–H groups in total. The van der Waals surface area contributed by atoms with Gasteiger partial charge in [-0.1, -0.05) is 120 Å². The van der Waals surface area contributed by atoms with Gasteiger partial charge in [-0.05, 0) is 111 Å². The van der Waals surface area contributed by atoms with E-state index < -0.39 is 117 Å². The number of hydrogen-bond donors (Lipinski definition) is 15. The number of aromatic carboxylic acids is 4. The van der Waals surface area contributed by atoms with Crippen LogP contribution in [0.5, 0.6) is 23.0 Å². The molecule has 0 aromatic heterocycles. The quantitative estimate of drug-likeness (QED) is 0.00447. The fraction of sp³-hybridized carbons (Fsp3) is 0.381. The first-order valence-electron chi connectivity index (χ1n) is 38.6. The highest BCUT2D eigenvalue weighted by Crippen LogP contribution is 2.27. The maximum atomic E-state index is 12.7. The molecular formula is C84H102IN11O25S2. The molecule has 0 atom stereocenters. The van der Waals surface area contributed by atoms with Gasteiger partial charge in [0.25, 0.3) is 47.3 Å². The van der Waals surface area contributed by atoms with Crippen molar-refractivity contribution in [3.63, 3.8) is 0 Å². The van der Waals surface area contributed by atoms with Gasteiger partial charge >= 0.3 is 23.9 Å². The highest BCUT2D eigenvalue weighted by molar-refractivity contribution is 14.1. The molecule has 662 valence electrons. The van der Waals surface area contributed by atoms with Crippen molar-refractivity contribution in [1.29, 1.82) is 0 Å². The summed E-state index contributed by atoms with van der Waals surface area (Å²) >= 11 is 11.8. The van der Waals surface area contributed by atoms with Gasteiger partial charge in [0.2, 0.25) is 5.91 Å². The molecule has 0 spiro atoms. The lowest BCUT2D eigenvalue weighted by atomic mass is 10.1. The summed E-state index contributed by atoms with van der Waals surface area (Å²) < 4.78 is 6.32. The van der Waals surface area contributed by atoms with Crippen LogP contribution in [0.25, 0.3) is 0 Å². The first-order valence-corrected chi connectivity index (χ1v) is 40.9. The first-order chi connectivity index (χ1) is 58.3. The number of carbonyl (C=O) groups excluding carboxylic acids is 12. The number of halogens is 1. The van der Waals surface area contributed by atoms with Crippen molar-refractivity contribution in [1.82, 2.24) is 46.6 Å². The van der Waals surface area contributed by atoms with Gasteiger partial charge in [0.1, 0.15) is 63.4 Å². The van der Waals surface area contributed by atoms with Gasteiger partial charge in [-0.2, -0.15) is 4.99 Å². The lowest BCUT2D eigenvalue weighted by Gasteiger charge is -2.23. The van der Waals surface area contributed by atoms with E-state index in [0.717, 1.165) is 94.8 Å². The van der Waals surface area contributed by atoms with E-state index in [9.17, 15) is 107 Å². The zero-order valence-electron chi connectivity index (χ0n) is 68.7. The Morgan fingerprint density at radius 1 is 0.463 bits per heavy atom. The van der Waals surface area contributed by atoms with Crippen LogP contribution in [-0.4, -0.2) is 256 Å². The van der Waals surface area contributed by atoms with Gasteiger partial charge in [-0.25, -0.2) is 19.2 Å². The minimum atomic E-state index is -1.42. The summed E-state index contributed by atoms with van der Waals surface area (Å²) in [5, 5.41) is 98.7. The Morgan fingerprint density at radius 2 is 0.821 bits per heavy atom. The van der Waals surface area contributed by atoms with Crippen molar-refractivity contribution in [3.05, 3.63) is 166 Å². The minimum Gasteiger partial charge on any atom is -0.506 e. The Balaban J connectivity index is 0.000000454. The monoisotopic (exact) mass is 1860 g/mol. The third kappa shape index (κ3) is 37.2. The number of ketones is 3. The van der Waals surface area contributed by atoms with Crippen molar-refractivity contribution >= 4 is 163 Å². The number of aliphatic imine (C=N–C) groups is 1. The molecule has 7 rings (SSSR count). The molecule has 0 bridgehead atoms. The number of thiocarbonyl (C=S) groups is 2. The summed E-state index contributed by atoms with van der Waals surface area (Å²) in [6.45, 7) is 12.5. The number of amides is 9. The first kappa shape index (κ1) is 105. The molecule has 2 heterocycles. The highest BCUT2D eigenvalue weighted by Gasteiger charge is 2.28. The number of imide groups is 2. The lowest BCUT2D eigenvalue weighted by molar-refractivity contribution is -0.139. The van der Waals surface area contributed by atoms with Crippen LogP contribution in [0.1, 0.15) is 176 Å². The number of ether oxygens (including phenoxy) is 1. The summed E-state index contributed by atoms with van der Waals surface area (Å²) in [5.74, 6) is -12.9. The Bertz CT molecular complexity index is 4530.